The molecule has 0 aromatic carbocycles. The van der Waals surface area contributed by atoms with Gasteiger partial charge in [-0.1, -0.05) is 0 Å². The number of pyridine rings is 1. The first kappa shape index (κ1) is 9.67. The highest BCUT2D eigenvalue weighted by Crippen LogP contribution is 2.26. The van der Waals surface area contributed by atoms with Crippen molar-refractivity contribution in [3.05, 3.63) is 46.7 Å². The van der Waals surface area contributed by atoms with E-state index in [-0.39, 0.29) is 4.88 Å². The average molecular weight is 221 g/mol. The van der Waals surface area contributed by atoms with Gasteiger partial charge in [-0.25, -0.2) is 4.79 Å². The number of aromatic carboxylic acids is 1. The molecule has 0 unspecified atom stereocenters. The second-order valence-corrected chi connectivity index (χ2v) is 4.01. The van der Waals surface area contributed by atoms with E-state index < -0.39 is 5.97 Å². The summed E-state index contributed by atoms with van der Waals surface area (Å²) in [7, 11) is 0. The van der Waals surface area contributed by atoms with Crippen LogP contribution in [0.4, 0.5) is 0 Å². The molecule has 2 heterocycles. The molecule has 0 spiro atoms. The van der Waals surface area contributed by atoms with Crippen molar-refractivity contribution in [3.63, 3.8) is 0 Å². The Balaban J connectivity index is 2.41. The van der Waals surface area contributed by atoms with Crippen LogP contribution in [0, 0.1) is 5.21 Å². The Morgan fingerprint density at radius 3 is 2.80 bits per heavy atom. The number of hydrogen-bond donors (Lipinski definition) is 1. The molecule has 0 fully saturated rings. The fraction of sp³-hybridized carbons (Fsp3) is 0. The van der Waals surface area contributed by atoms with E-state index in [1.165, 1.54) is 18.5 Å². The molecule has 2 aromatic rings. The van der Waals surface area contributed by atoms with Crippen LogP contribution in [0.5, 0.6) is 0 Å². The van der Waals surface area contributed by atoms with Crippen LogP contribution in [0.25, 0.3) is 10.4 Å². The van der Waals surface area contributed by atoms with Crippen molar-refractivity contribution < 1.29 is 14.6 Å². The summed E-state index contributed by atoms with van der Waals surface area (Å²) in [4.78, 5) is 11.7. The Hall–Kier alpha value is -1.88. The van der Waals surface area contributed by atoms with Crippen LogP contribution >= 0.6 is 11.3 Å². The SMILES string of the molecule is O=C(O)c1ccc(-c2ccc[n+]([O-])c2)s1. The second-order valence-electron chi connectivity index (χ2n) is 2.92. The van der Waals surface area contributed by atoms with E-state index in [1.54, 1.807) is 18.2 Å². The Kier molecular flexibility index (Phi) is 2.39. The zero-order chi connectivity index (χ0) is 10.8. The first-order valence-corrected chi connectivity index (χ1v) is 5.01. The molecule has 0 atom stereocenters. The summed E-state index contributed by atoms with van der Waals surface area (Å²) >= 11 is 1.15. The minimum Gasteiger partial charge on any atom is -0.619 e. The number of aromatic nitrogens is 1. The van der Waals surface area contributed by atoms with Gasteiger partial charge in [0.2, 0.25) is 0 Å². The third kappa shape index (κ3) is 1.97. The molecule has 0 amide bonds. The number of carboxylic acids is 1. The molecule has 5 heteroatoms. The van der Waals surface area contributed by atoms with Crippen LogP contribution < -0.4 is 4.73 Å². The van der Waals surface area contributed by atoms with E-state index >= 15 is 0 Å². The molecule has 0 saturated carbocycles. The van der Waals surface area contributed by atoms with Gasteiger partial charge in [0, 0.05) is 10.9 Å². The van der Waals surface area contributed by atoms with E-state index in [1.807, 2.05) is 0 Å². The first-order valence-electron chi connectivity index (χ1n) is 4.19. The topological polar surface area (TPSA) is 64.2 Å². The van der Waals surface area contributed by atoms with E-state index in [4.69, 9.17) is 5.11 Å². The number of rotatable bonds is 2. The number of carbonyl (C=O) groups is 1. The number of thiophene rings is 1. The molecule has 1 N–H and O–H groups in total. The van der Waals surface area contributed by atoms with Crippen molar-refractivity contribution in [1.82, 2.24) is 0 Å². The van der Waals surface area contributed by atoms with Crippen LogP contribution in [-0.4, -0.2) is 11.1 Å². The Morgan fingerprint density at radius 2 is 2.20 bits per heavy atom. The van der Waals surface area contributed by atoms with Crippen molar-refractivity contribution in [3.8, 4) is 10.4 Å². The average Bonchev–Trinajstić information content (AvgIpc) is 2.66. The predicted octanol–water partition coefficient (Wildman–Crippen LogP) is 1.75. The highest BCUT2D eigenvalue weighted by atomic mass is 32.1. The Labute approximate surface area is 89.6 Å². The van der Waals surface area contributed by atoms with Gasteiger partial charge < -0.3 is 10.3 Å². The maximum atomic E-state index is 11.0. The minimum absolute atomic E-state index is 0.270. The lowest BCUT2D eigenvalue weighted by atomic mass is 10.2. The highest BCUT2D eigenvalue weighted by molar-refractivity contribution is 7.17. The molecule has 0 saturated heterocycles. The van der Waals surface area contributed by atoms with Crippen LogP contribution in [0.3, 0.4) is 0 Å². The normalized spacial score (nSPS) is 10.1. The van der Waals surface area contributed by atoms with Crippen molar-refractivity contribution in [2.24, 2.45) is 0 Å². The van der Waals surface area contributed by atoms with Gasteiger partial charge >= 0.3 is 5.97 Å². The summed E-state index contributed by atoms with van der Waals surface area (Å²) in [6.07, 6.45) is 2.80. The standard InChI is InChI=1S/C10H7NO3S/c12-10(13)9-4-3-8(15-9)7-2-1-5-11(14)6-7/h1-6H,(H,12,13). The van der Waals surface area contributed by atoms with E-state index in [9.17, 15) is 10.0 Å². The molecule has 2 aromatic heterocycles. The van der Waals surface area contributed by atoms with Crippen LogP contribution in [0.2, 0.25) is 0 Å². The minimum atomic E-state index is -0.947. The van der Waals surface area contributed by atoms with Gasteiger partial charge in [0.15, 0.2) is 12.4 Å². The predicted molar refractivity (Wildman–Crippen MR) is 55.7 cm³/mol. The quantitative estimate of drug-likeness (QED) is 0.620. The summed E-state index contributed by atoms with van der Waals surface area (Å²) in [5, 5.41) is 19.8. The van der Waals surface area contributed by atoms with Gasteiger partial charge in [0.1, 0.15) is 4.88 Å². The lowest BCUT2D eigenvalue weighted by Gasteiger charge is -1.97. The van der Waals surface area contributed by atoms with Crippen LogP contribution in [-0.2, 0) is 0 Å². The van der Waals surface area contributed by atoms with E-state index in [2.05, 4.69) is 0 Å². The van der Waals surface area contributed by atoms with E-state index in [0.29, 0.717) is 4.73 Å². The molecule has 4 nitrogen and oxygen atoms in total. The number of carboxylic acid groups (broad SMARTS) is 1. The summed E-state index contributed by atoms with van der Waals surface area (Å²) in [6.45, 7) is 0. The fourth-order valence-corrected chi connectivity index (χ4v) is 2.04. The molecular weight excluding hydrogens is 214 g/mol. The third-order valence-corrected chi connectivity index (χ3v) is 3.00. The summed E-state index contributed by atoms with van der Waals surface area (Å²) in [5.74, 6) is -0.947. The highest BCUT2D eigenvalue weighted by Gasteiger charge is 2.09. The molecule has 15 heavy (non-hydrogen) atoms. The van der Waals surface area contributed by atoms with Gasteiger partial charge in [0.05, 0.1) is 5.56 Å². The Morgan fingerprint density at radius 1 is 1.40 bits per heavy atom. The molecule has 0 radical (unpaired) electrons. The molecule has 0 aliphatic rings. The first-order chi connectivity index (χ1) is 7.16. The summed E-state index contributed by atoms with van der Waals surface area (Å²) in [6, 6.07) is 6.63. The summed E-state index contributed by atoms with van der Waals surface area (Å²) in [5.41, 5.74) is 0.727. The molecule has 76 valence electrons. The smallest absolute Gasteiger partial charge is 0.345 e. The van der Waals surface area contributed by atoms with Gasteiger partial charge in [-0.05, 0) is 18.2 Å². The van der Waals surface area contributed by atoms with Crippen LogP contribution in [0.15, 0.2) is 36.7 Å². The largest absolute Gasteiger partial charge is 0.619 e. The number of nitrogens with zero attached hydrogens (tertiary/aromatic N) is 1. The van der Waals surface area contributed by atoms with Gasteiger partial charge in [0.25, 0.3) is 0 Å². The van der Waals surface area contributed by atoms with Crippen molar-refractivity contribution in [2.75, 3.05) is 0 Å². The number of hydrogen-bond acceptors (Lipinski definition) is 3. The lowest BCUT2D eigenvalue weighted by molar-refractivity contribution is -0.604. The molecule has 0 aliphatic heterocycles. The summed E-state index contributed by atoms with van der Waals surface area (Å²) < 4.78 is 0.690. The monoisotopic (exact) mass is 221 g/mol. The lowest BCUT2D eigenvalue weighted by Crippen LogP contribution is -2.23. The van der Waals surface area contributed by atoms with Crippen molar-refractivity contribution in [2.45, 2.75) is 0 Å². The fourth-order valence-electron chi connectivity index (χ4n) is 1.21. The van der Waals surface area contributed by atoms with E-state index in [0.717, 1.165) is 21.8 Å². The molecule has 0 bridgehead atoms. The zero-order valence-corrected chi connectivity index (χ0v) is 8.40. The van der Waals surface area contributed by atoms with Crippen LogP contribution in [0.1, 0.15) is 9.67 Å². The molecule has 2 rings (SSSR count). The third-order valence-electron chi connectivity index (χ3n) is 1.88. The molecule has 0 aliphatic carbocycles. The Bertz CT molecular complexity index is 507. The van der Waals surface area contributed by atoms with Gasteiger partial charge in [-0.15, -0.1) is 11.3 Å². The van der Waals surface area contributed by atoms with Gasteiger partial charge in [-0.3, -0.25) is 0 Å². The maximum Gasteiger partial charge on any atom is 0.345 e. The zero-order valence-electron chi connectivity index (χ0n) is 7.58. The van der Waals surface area contributed by atoms with Crippen molar-refractivity contribution >= 4 is 17.3 Å². The maximum absolute atomic E-state index is 11.0. The second kappa shape index (κ2) is 3.70. The van der Waals surface area contributed by atoms with Gasteiger partial charge in [-0.2, -0.15) is 4.73 Å². The molecular formula is C10H7NO3S. The van der Waals surface area contributed by atoms with Crippen molar-refractivity contribution in [1.29, 1.82) is 0 Å².